The van der Waals surface area contributed by atoms with Crippen LogP contribution in [0.2, 0.25) is 0 Å². The molecule has 16 heavy (non-hydrogen) atoms. The number of benzene rings is 1. The van der Waals surface area contributed by atoms with E-state index in [9.17, 15) is 4.79 Å². The third-order valence-corrected chi connectivity index (χ3v) is 2.26. The monoisotopic (exact) mass is 221 g/mol. The maximum atomic E-state index is 11.2. The van der Waals surface area contributed by atoms with Gasteiger partial charge in [-0.15, -0.1) is 0 Å². The van der Waals surface area contributed by atoms with Crippen LogP contribution in [0.15, 0.2) is 24.3 Å². The van der Waals surface area contributed by atoms with Crippen molar-refractivity contribution in [2.75, 3.05) is 19.8 Å². The number of hydrogen-bond acceptors (Lipinski definition) is 2. The number of amides is 1. The molecule has 3 heteroatoms. The Morgan fingerprint density at radius 2 is 2.25 bits per heavy atom. The molecule has 0 fully saturated rings. The largest absolute Gasteiger partial charge is 0.372 e. The van der Waals surface area contributed by atoms with Crippen LogP contribution in [0.1, 0.15) is 18.1 Å². The lowest BCUT2D eigenvalue weighted by Crippen LogP contribution is -2.29. The molecule has 1 aromatic carbocycles. The van der Waals surface area contributed by atoms with E-state index in [-0.39, 0.29) is 12.5 Å². The summed E-state index contributed by atoms with van der Waals surface area (Å²) in [4.78, 5) is 11.2. The van der Waals surface area contributed by atoms with Gasteiger partial charge in [-0.2, -0.15) is 0 Å². The van der Waals surface area contributed by atoms with Crippen molar-refractivity contribution in [3.63, 3.8) is 0 Å². The summed E-state index contributed by atoms with van der Waals surface area (Å²) in [6.07, 6.45) is 0.861. The summed E-state index contributed by atoms with van der Waals surface area (Å²) in [7, 11) is 0. The average molecular weight is 221 g/mol. The molecule has 0 saturated carbocycles. The van der Waals surface area contributed by atoms with Gasteiger partial charge in [-0.05, 0) is 25.8 Å². The van der Waals surface area contributed by atoms with E-state index >= 15 is 0 Å². The molecule has 0 saturated heterocycles. The van der Waals surface area contributed by atoms with Crippen LogP contribution in [-0.2, 0) is 16.0 Å². The molecule has 0 radical (unpaired) electrons. The topological polar surface area (TPSA) is 38.3 Å². The summed E-state index contributed by atoms with van der Waals surface area (Å²) < 4.78 is 5.01. The minimum atomic E-state index is -0.0468. The molecule has 0 heterocycles. The molecule has 88 valence electrons. The van der Waals surface area contributed by atoms with Gasteiger partial charge in [-0.3, -0.25) is 4.79 Å². The Balaban J connectivity index is 2.22. The van der Waals surface area contributed by atoms with Gasteiger partial charge in [0.25, 0.3) is 0 Å². The van der Waals surface area contributed by atoms with Crippen LogP contribution in [-0.4, -0.2) is 25.7 Å². The molecule has 1 amide bonds. The highest BCUT2D eigenvalue weighted by Gasteiger charge is 1.99. The number of hydrogen-bond donors (Lipinski definition) is 1. The second-order valence-electron chi connectivity index (χ2n) is 3.73. The first-order valence-corrected chi connectivity index (χ1v) is 5.62. The fourth-order valence-electron chi connectivity index (χ4n) is 1.46. The van der Waals surface area contributed by atoms with Gasteiger partial charge < -0.3 is 10.1 Å². The molecule has 0 aromatic heterocycles. The van der Waals surface area contributed by atoms with Crippen molar-refractivity contribution in [1.82, 2.24) is 5.32 Å². The predicted molar refractivity (Wildman–Crippen MR) is 64.4 cm³/mol. The molecule has 0 bridgehead atoms. The Hall–Kier alpha value is -1.35. The van der Waals surface area contributed by atoms with Crippen molar-refractivity contribution in [3.8, 4) is 0 Å². The van der Waals surface area contributed by atoms with E-state index in [1.54, 1.807) is 0 Å². The second kappa shape index (κ2) is 7.01. The van der Waals surface area contributed by atoms with Gasteiger partial charge in [-0.25, -0.2) is 0 Å². The van der Waals surface area contributed by atoms with Crippen LogP contribution < -0.4 is 5.32 Å². The van der Waals surface area contributed by atoms with Gasteiger partial charge in [0.2, 0.25) is 5.91 Å². The molecule has 0 unspecified atom stereocenters. The molecule has 0 aliphatic heterocycles. The van der Waals surface area contributed by atoms with Gasteiger partial charge >= 0.3 is 0 Å². The van der Waals surface area contributed by atoms with Crippen molar-refractivity contribution < 1.29 is 9.53 Å². The summed E-state index contributed by atoms with van der Waals surface area (Å²) >= 11 is 0. The highest BCUT2D eigenvalue weighted by molar-refractivity contribution is 5.77. The van der Waals surface area contributed by atoms with Crippen LogP contribution in [0, 0.1) is 6.92 Å². The van der Waals surface area contributed by atoms with Gasteiger partial charge in [0.05, 0.1) is 0 Å². The highest BCUT2D eigenvalue weighted by atomic mass is 16.5. The van der Waals surface area contributed by atoms with Crippen LogP contribution in [0.5, 0.6) is 0 Å². The van der Waals surface area contributed by atoms with Crippen molar-refractivity contribution in [2.45, 2.75) is 20.3 Å². The first-order chi connectivity index (χ1) is 7.72. The average Bonchev–Trinajstić information content (AvgIpc) is 2.26. The number of aryl methyl sites for hydroxylation is 1. The van der Waals surface area contributed by atoms with Crippen molar-refractivity contribution in [1.29, 1.82) is 0 Å². The zero-order valence-electron chi connectivity index (χ0n) is 9.95. The minimum absolute atomic E-state index is 0.0468. The van der Waals surface area contributed by atoms with E-state index in [2.05, 4.69) is 30.4 Å². The fourth-order valence-corrected chi connectivity index (χ4v) is 1.46. The number of rotatable bonds is 6. The summed E-state index contributed by atoms with van der Waals surface area (Å²) in [6.45, 7) is 5.34. The molecule has 0 spiro atoms. The van der Waals surface area contributed by atoms with E-state index in [0.717, 1.165) is 6.42 Å². The lowest BCUT2D eigenvalue weighted by molar-refractivity contribution is -0.125. The number of nitrogens with one attached hydrogen (secondary N) is 1. The molecular formula is C13H19NO2. The van der Waals surface area contributed by atoms with E-state index in [4.69, 9.17) is 4.74 Å². The Bertz CT molecular complexity index is 336. The van der Waals surface area contributed by atoms with Gasteiger partial charge in [0, 0.05) is 13.2 Å². The molecule has 1 rings (SSSR count). The SMILES string of the molecule is CCOCC(=O)NCCc1cccc(C)c1. The van der Waals surface area contributed by atoms with Gasteiger partial charge in [-0.1, -0.05) is 29.8 Å². The number of carbonyl (C=O) groups is 1. The van der Waals surface area contributed by atoms with Crippen molar-refractivity contribution in [3.05, 3.63) is 35.4 Å². The third-order valence-electron chi connectivity index (χ3n) is 2.26. The number of ether oxygens (including phenoxy) is 1. The summed E-state index contributed by atoms with van der Waals surface area (Å²) in [5.41, 5.74) is 2.50. The van der Waals surface area contributed by atoms with Gasteiger partial charge in [0.1, 0.15) is 6.61 Å². The Morgan fingerprint density at radius 3 is 2.94 bits per heavy atom. The standard InChI is InChI=1S/C13H19NO2/c1-3-16-10-13(15)14-8-7-12-6-4-5-11(2)9-12/h4-6,9H,3,7-8,10H2,1-2H3,(H,14,15). The fraction of sp³-hybridized carbons (Fsp3) is 0.462. The van der Waals surface area contributed by atoms with Crippen molar-refractivity contribution >= 4 is 5.91 Å². The molecule has 1 aromatic rings. The smallest absolute Gasteiger partial charge is 0.246 e. The minimum Gasteiger partial charge on any atom is -0.372 e. The van der Waals surface area contributed by atoms with Gasteiger partial charge in [0.15, 0.2) is 0 Å². The molecule has 0 aliphatic carbocycles. The molecule has 0 atom stereocenters. The zero-order chi connectivity index (χ0) is 11.8. The molecule has 1 N–H and O–H groups in total. The Kier molecular flexibility index (Phi) is 5.57. The van der Waals surface area contributed by atoms with E-state index in [0.29, 0.717) is 13.2 Å². The normalized spacial score (nSPS) is 10.1. The van der Waals surface area contributed by atoms with Crippen LogP contribution in [0.3, 0.4) is 0 Å². The van der Waals surface area contributed by atoms with Crippen LogP contribution in [0.25, 0.3) is 0 Å². The maximum absolute atomic E-state index is 11.2. The third kappa shape index (κ3) is 4.94. The first-order valence-electron chi connectivity index (χ1n) is 5.62. The van der Waals surface area contributed by atoms with E-state index in [1.165, 1.54) is 11.1 Å². The van der Waals surface area contributed by atoms with Crippen LogP contribution in [0.4, 0.5) is 0 Å². The van der Waals surface area contributed by atoms with Crippen molar-refractivity contribution in [2.24, 2.45) is 0 Å². The second-order valence-corrected chi connectivity index (χ2v) is 3.73. The maximum Gasteiger partial charge on any atom is 0.246 e. The first kappa shape index (κ1) is 12.7. The Labute approximate surface area is 96.8 Å². The predicted octanol–water partition coefficient (Wildman–Crippen LogP) is 1.69. The quantitative estimate of drug-likeness (QED) is 0.794. The Morgan fingerprint density at radius 1 is 1.44 bits per heavy atom. The zero-order valence-corrected chi connectivity index (χ0v) is 9.95. The molecule has 0 aliphatic rings. The lowest BCUT2D eigenvalue weighted by atomic mass is 10.1. The highest BCUT2D eigenvalue weighted by Crippen LogP contribution is 2.03. The summed E-state index contributed by atoms with van der Waals surface area (Å²) in [5.74, 6) is -0.0468. The number of carbonyl (C=O) groups excluding carboxylic acids is 1. The van der Waals surface area contributed by atoms with E-state index in [1.807, 2.05) is 13.0 Å². The summed E-state index contributed by atoms with van der Waals surface area (Å²) in [6, 6.07) is 8.31. The molecule has 3 nitrogen and oxygen atoms in total. The lowest BCUT2D eigenvalue weighted by Gasteiger charge is -2.05. The summed E-state index contributed by atoms with van der Waals surface area (Å²) in [5, 5.41) is 2.82. The van der Waals surface area contributed by atoms with Crippen LogP contribution >= 0.6 is 0 Å². The van der Waals surface area contributed by atoms with E-state index < -0.39 is 0 Å². The molecular weight excluding hydrogens is 202 g/mol.